The third-order valence-electron chi connectivity index (χ3n) is 7.08. The Morgan fingerprint density at radius 2 is 1.71 bits per heavy atom. The highest BCUT2D eigenvalue weighted by Gasteiger charge is 2.27. The molecule has 1 saturated carbocycles. The standard InChI is InChI=1S/C28H44O3/c1-4-7-8-9-11-23-20-30-28(31-21-23)25-16-17-27(29-18-6-3)26(19-25)24-14-12-22(10-5-2)13-15-24/h6,16-17,19,22-24,28H,3-5,7-15,18,20-21H2,1-2H3. The van der Waals surface area contributed by atoms with Gasteiger partial charge in [-0.15, -0.1) is 0 Å². The van der Waals surface area contributed by atoms with Gasteiger partial charge in [-0.25, -0.2) is 0 Å². The fourth-order valence-electron chi connectivity index (χ4n) is 5.25. The maximum absolute atomic E-state index is 6.17. The summed E-state index contributed by atoms with van der Waals surface area (Å²) in [5.74, 6) is 3.02. The lowest BCUT2D eigenvalue weighted by atomic mass is 9.77. The predicted octanol–water partition coefficient (Wildman–Crippen LogP) is 7.96. The second-order valence-electron chi connectivity index (χ2n) is 9.62. The average Bonchev–Trinajstić information content (AvgIpc) is 2.82. The van der Waals surface area contributed by atoms with Crippen molar-refractivity contribution in [2.45, 2.75) is 96.7 Å². The summed E-state index contributed by atoms with van der Waals surface area (Å²) in [6.07, 6.45) is 15.9. The van der Waals surface area contributed by atoms with Gasteiger partial charge in [0.2, 0.25) is 0 Å². The van der Waals surface area contributed by atoms with Crippen LogP contribution in [0.2, 0.25) is 0 Å². The molecule has 0 spiro atoms. The molecule has 3 nitrogen and oxygen atoms in total. The average molecular weight is 429 g/mol. The largest absolute Gasteiger partial charge is 0.489 e. The van der Waals surface area contributed by atoms with Crippen molar-refractivity contribution in [2.75, 3.05) is 19.8 Å². The molecule has 0 amide bonds. The van der Waals surface area contributed by atoms with Crippen LogP contribution in [-0.2, 0) is 9.47 Å². The third kappa shape index (κ3) is 7.36. The zero-order valence-electron chi connectivity index (χ0n) is 20.0. The quantitative estimate of drug-likeness (QED) is 0.250. The minimum Gasteiger partial charge on any atom is -0.489 e. The van der Waals surface area contributed by atoms with Crippen LogP contribution in [-0.4, -0.2) is 19.8 Å². The topological polar surface area (TPSA) is 27.7 Å². The Morgan fingerprint density at radius 1 is 0.935 bits per heavy atom. The van der Waals surface area contributed by atoms with E-state index in [-0.39, 0.29) is 6.29 Å². The highest BCUT2D eigenvalue weighted by molar-refractivity contribution is 5.40. The molecule has 0 atom stereocenters. The second kappa shape index (κ2) is 13.3. The summed E-state index contributed by atoms with van der Waals surface area (Å²) in [4.78, 5) is 0. The molecule has 2 fully saturated rings. The van der Waals surface area contributed by atoms with Crippen LogP contribution in [0.4, 0.5) is 0 Å². The molecule has 0 unspecified atom stereocenters. The Labute approximate surface area is 190 Å². The van der Waals surface area contributed by atoms with Crippen LogP contribution in [0.1, 0.15) is 108 Å². The Morgan fingerprint density at radius 3 is 2.39 bits per heavy atom. The first-order valence-corrected chi connectivity index (χ1v) is 12.9. The monoisotopic (exact) mass is 428 g/mol. The number of benzene rings is 1. The molecular weight excluding hydrogens is 384 g/mol. The van der Waals surface area contributed by atoms with E-state index in [1.807, 2.05) is 6.08 Å². The number of ether oxygens (including phenoxy) is 3. The Bertz CT molecular complexity index is 640. The molecule has 1 saturated heterocycles. The molecule has 1 heterocycles. The van der Waals surface area contributed by atoms with E-state index in [0.717, 1.165) is 30.4 Å². The van der Waals surface area contributed by atoms with E-state index >= 15 is 0 Å². The van der Waals surface area contributed by atoms with Gasteiger partial charge in [0.25, 0.3) is 0 Å². The smallest absolute Gasteiger partial charge is 0.183 e. The molecule has 0 radical (unpaired) electrons. The van der Waals surface area contributed by atoms with Crippen molar-refractivity contribution in [3.63, 3.8) is 0 Å². The van der Waals surface area contributed by atoms with Gasteiger partial charge in [0.15, 0.2) is 6.29 Å². The first-order chi connectivity index (χ1) is 15.2. The minimum absolute atomic E-state index is 0.240. The van der Waals surface area contributed by atoms with E-state index in [4.69, 9.17) is 14.2 Å². The van der Waals surface area contributed by atoms with Crippen LogP contribution < -0.4 is 4.74 Å². The van der Waals surface area contributed by atoms with Crippen LogP contribution in [0.25, 0.3) is 0 Å². The van der Waals surface area contributed by atoms with Gasteiger partial charge in [-0.3, -0.25) is 0 Å². The Balaban J connectivity index is 1.61. The fraction of sp³-hybridized carbons (Fsp3) is 0.714. The summed E-state index contributed by atoms with van der Waals surface area (Å²) in [7, 11) is 0. The lowest BCUT2D eigenvalue weighted by Crippen LogP contribution is -2.27. The number of hydrogen-bond acceptors (Lipinski definition) is 3. The molecule has 1 aliphatic heterocycles. The summed E-state index contributed by atoms with van der Waals surface area (Å²) >= 11 is 0. The highest BCUT2D eigenvalue weighted by atomic mass is 16.7. The van der Waals surface area contributed by atoms with Gasteiger partial charge in [0, 0.05) is 11.5 Å². The minimum atomic E-state index is -0.240. The molecule has 0 aromatic heterocycles. The van der Waals surface area contributed by atoms with Crippen LogP contribution in [0.3, 0.4) is 0 Å². The first kappa shape index (κ1) is 24.3. The van der Waals surface area contributed by atoms with Crippen molar-refractivity contribution in [2.24, 2.45) is 11.8 Å². The van der Waals surface area contributed by atoms with Crippen molar-refractivity contribution in [1.29, 1.82) is 0 Å². The zero-order valence-corrected chi connectivity index (χ0v) is 20.0. The van der Waals surface area contributed by atoms with E-state index in [0.29, 0.717) is 18.4 Å². The summed E-state index contributed by atoms with van der Waals surface area (Å²) in [5.41, 5.74) is 2.48. The van der Waals surface area contributed by atoms with Gasteiger partial charge in [-0.2, -0.15) is 0 Å². The fourth-order valence-corrected chi connectivity index (χ4v) is 5.25. The third-order valence-corrected chi connectivity index (χ3v) is 7.08. The lowest BCUT2D eigenvalue weighted by molar-refractivity contribution is -0.206. The summed E-state index contributed by atoms with van der Waals surface area (Å²) in [6, 6.07) is 6.54. The van der Waals surface area contributed by atoms with Gasteiger partial charge in [0.1, 0.15) is 12.4 Å². The molecule has 1 aromatic carbocycles. The molecule has 174 valence electrons. The lowest BCUT2D eigenvalue weighted by Gasteiger charge is -2.32. The van der Waals surface area contributed by atoms with Crippen LogP contribution >= 0.6 is 0 Å². The van der Waals surface area contributed by atoms with Crippen molar-refractivity contribution >= 4 is 0 Å². The van der Waals surface area contributed by atoms with Crippen molar-refractivity contribution < 1.29 is 14.2 Å². The maximum Gasteiger partial charge on any atom is 0.183 e. The maximum atomic E-state index is 6.17. The van der Waals surface area contributed by atoms with Crippen molar-refractivity contribution in [1.82, 2.24) is 0 Å². The van der Waals surface area contributed by atoms with Gasteiger partial charge in [-0.1, -0.05) is 71.1 Å². The molecular formula is C28H44O3. The summed E-state index contributed by atoms with van der Waals surface area (Å²) < 4.78 is 18.4. The van der Waals surface area contributed by atoms with Crippen molar-refractivity contribution in [3.8, 4) is 5.75 Å². The van der Waals surface area contributed by atoms with Gasteiger partial charge < -0.3 is 14.2 Å². The predicted molar refractivity (Wildman–Crippen MR) is 129 cm³/mol. The molecule has 3 rings (SSSR count). The number of unbranched alkanes of at least 4 members (excludes halogenated alkanes) is 3. The molecule has 31 heavy (non-hydrogen) atoms. The normalized spacial score (nSPS) is 26.5. The molecule has 2 aliphatic rings. The van der Waals surface area contributed by atoms with E-state index in [2.05, 4.69) is 38.6 Å². The van der Waals surface area contributed by atoms with Crippen LogP contribution in [0.15, 0.2) is 30.9 Å². The SMILES string of the molecule is C=CCOc1ccc(C2OCC(CCCCCC)CO2)cc1C1CCC(CCC)CC1. The van der Waals surface area contributed by atoms with E-state index in [1.54, 1.807) is 0 Å². The van der Waals surface area contributed by atoms with Crippen molar-refractivity contribution in [3.05, 3.63) is 42.0 Å². The Hall–Kier alpha value is -1.32. The summed E-state index contributed by atoms with van der Waals surface area (Å²) in [6.45, 7) is 10.5. The molecule has 0 bridgehead atoms. The van der Waals surface area contributed by atoms with Gasteiger partial charge >= 0.3 is 0 Å². The second-order valence-corrected chi connectivity index (χ2v) is 9.62. The molecule has 1 aliphatic carbocycles. The van der Waals surface area contributed by atoms with Crippen LogP contribution in [0.5, 0.6) is 5.75 Å². The van der Waals surface area contributed by atoms with Gasteiger partial charge in [-0.05, 0) is 61.6 Å². The van der Waals surface area contributed by atoms with E-state index in [1.165, 1.54) is 76.2 Å². The molecule has 0 N–H and O–H groups in total. The zero-order chi connectivity index (χ0) is 21.9. The van der Waals surface area contributed by atoms with E-state index < -0.39 is 0 Å². The molecule has 3 heteroatoms. The summed E-state index contributed by atoms with van der Waals surface area (Å²) in [5, 5.41) is 0. The number of rotatable bonds is 12. The van der Waals surface area contributed by atoms with Crippen LogP contribution in [0, 0.1) is 11.8 Å². The molecule has 1 aromatic rings. The number of hydrogen-bond donors (Lipinski definition) is 0. The Kier molecular flexibility index (Phi) is 10.4. The first-order valence-electron chi connectivity index (χ1n) is 12.9. The van der Waals surface area contributed by atoms with Gasteiger partial charge in [0.05, 0.1) is 13.2 Å². The highest BCUT2D eigenvalue weighted by Crippen LogP contribution is 2.42. The van der Waals surface area contributed by atoms with E-state index in [9.17, 15) is 0 Å².